The maximum atomic E-state index is 6.66. The van der Waals surface area contributed by atoms with E-state index in [9.17, 15) is 0 Å². The van der Waals surface area contributed by atoms with Crippen molar-refractivity contribution in [2.24, 2.45) is 0 Å². The summed E-state index contributed by atoms with van der Waals surface area (Å²) in [7, 11) is 32.4. The van der Waals surface area contributed by atoms with Crippen LogP contribution in [0.4, 0.5) is 0 Å². The van der Waals surface area contributed by atoms with Crippen molar-refractivity contribution >= 4 is 110 Å². The lowest BCUT2D eigenvalue weighted by atomic mass is 9.60. The Bertz CT molecular complexity index is 3200. The van der Waals surface area contributed by atoms with Crippen molar-refractivity contribution in [1.29, 1.82) is 0 Å². The molecule has 0 fully saturated rings. The van der Waals surface area contributed by atoms with Crippen LogP contribution in [-0.4, -0.2) is 63.3 Å². The highest BCUT2D eigenvalue weighted by molar-refractivity contribution is 6.68. The zero-order valence-corrected chi connectivity index (χ0v) is 30.8. The number of nitrogens with zero attached hydrogens (tertiary/aromatic N) is 5. The van der Waals surface area contributed by atoms with Crippen LogP contribution >= 0.6 is 0 Å². The molecule has 0 aliphatic heterocycles. The van der Waals surface area contributed by atoms with Crippen molar-refractivity contribution < 1.29 is 4.74 Å². The van der Waals surface area contributed by atoms with Crippen molar-refractivity contribution in [1.82, 2.24) is 24.1 Å². The molecular formula is C46H26B5N5O. The van der Waals surface area contributed by atoms with Crippen LogP contribution in [0.15, 0.2) is 140 Å². The van der Waals surface area contributed by atoms with Gasteiger partial charge in [-0.15, -0.1) is 16.4 Å². The largest absolute Gasteiger partial charge is 0.457 e. The van der Waals surface area contributed by atoms with Gasteiger partial charge in [0.2, 0.25) is 5.95 Å². The number of para-hydroxylation sites is 4. The molecule has 11 heteroatoms. The van der Waals surface area contributed by atoms with Crippen LogP contribution in [-0.2, 0) is 0 Å². The molecule has 3 heterocycles. The number of aromatic nitrogens is 5. The molecule has 0 N–H and O–H groups in total. The van der Waals surface area contributed by atoms with E-state index >= 15 is 0 Å². The first-order chi connectivity index (χ1) is 27.8. The summed E-state index contributed by atoms with van der Waals surface area (Å²) in [6.45, 7) is 2.01. The summed E-state index contributed by atoms with van der Waals surface area (Å²) in [5, 5.41) is 4.26. The Kier molecular flexibility index (Phi) is 8.22. The van der Waals surface area contributed by atoms with Gasteiger partial charge in [-0.25, -0.2) is 4.98 Å². The summed E-state index contributed by atoms with van der Waals surface area (Å²) in [6.07, 6.45) is 0. The highest BCUT2D eigenvalue weighted by Gasteiger charge is 2.24. The Morgan fingerprint density at radius 3 is 1.63 bits per heavy atom. The van der Waals surface area contributed by atoms with Gasteiger partial charge in [-0.1, -0.05) is 95.9 Å². The van der Waals surface area contributed by atoms with Gasteiger partial charge >= 0.3 is 0 Å². The zero-order valence-electron chi connectivity index (χ0n) is 30.8. The predicted octanol–water partition coefficient (Wildman–Crippen LogP) is 5.47. The maximum absolute atomic E-state index is 6.66. The zero-order chi connectivity index (χ0) is 38.9. The molecule has 7 aromatic carbocycles. The summed E-state index contributed by atoms with van der Waals surface area (Å²) in [4.78, 5) is 15.3. The summed E-state index contributed by atoms with van der Waals surface area (Å²) >= 11 is 0. The standard InChI is InChI=1S/C46H26B5N5O/c1-25-11-5-10-18-35(25)57-28-21-19-26(20-22-28)44-52-45(36-37(47)39(49)41(51)40(50)38(36)48)54-46(53-44)56-34-17-9-7-15-30(34)32-24-23-31-29-14-6-8-16-33(29)55(42(31)43(32)56)27-12-3-2-4-13-27/h2-24H,1H3. The van der Waals surface area contributed by atoms with Crippen molar-refractivity contribution in [3.05, 3.63) is 145 Å². The Morgan fingerprint density at radius 1 is 0.456 bits per heavy atom. The van der Waals surface area contributed by atoms with Crippen LogP contribution in [0.3, 0.4) is 0 Å². The third-order valence-corrected chi connectivity index (χ3v) is 10.7. The monoisotopic (exact) mass is 719 g/mol. The molecule has 10 radical (unpaired) electrons. The molecule has 0 unspecified atom stereocenters. The Morgan fingerprint density at radius 2 is 0.982 bits per heavy atom. The normalized spacial score (nSPS) is 11.6. The van der Waals surface area contributed by atoms with Crippen LogP contribution in [0.25, 0.3) is 78.0 Å². The average Bonchev–Trinajstić information content (AvgIpc) is 3.77. The van der Waals surface area contributed by atoms with Gasteiger partial charge in [0.15, 0.2) is 11.6 Å². The molecule has 0 spiro atoms. The molecule has 0 aliphatic carbocycles. The van der Waals surface area contributed by atoms with E-state index in [2.05, 4.69) is 69.8 Å². The summed E-state index contributed by atoms with van der Waals surface area (Å²) < 4.78 is 10.6. The number of rotatable bonds is 6. The third kappa shape index (κ3) is 5.52. The minimum absolute atomic E-state index is 0.101. The van der Waals surface area contributed by atoms with Crippen LogP contribution in [0, 0.1) is 6.92 Å². The molecule has 57 heavy (non-hydrogen) atoms. The van der Waals surface area contributed by atoms with Crippen molar-refractivity contribution in [2.45, 2.75) is 6.92 Å². The lowest BCUT2D eigenvalue weighted by molar-refractivity contribution is 0.479. The number of hydrogen-bond donors (Lipinski definition) is 0. The van der Waals surface area contributed by atoms with Crippen molar-refractivity contribution in [2.75, 3.05) is 0 Å². The van der Waals surface area contributed by atoms with Gasteiger partial charge in [0.1, 0.15) is 50.7 Å². The topological polar surface area (TPSA) is 57.8 Å². The summed E-state index contributed by atoms with van der Waals surface area (Å²) in [5.74, 6) is 2.32. The first-order valence-corrected chi connectivity index (χ1v) is 18.4. The number of fused-ring (bicyclic) bond motifs is 7. The molecule has 3 aromatic heterocycles. The Labute approximate surface area is 335 Å². The van der Waals surface area contributed by atoms with Crippen molar-refractivity contribution in [3.8, 4) is 45.9 Å². The second-order valence-corrected chi connectivity index (χ2v) is 14.0. The Balaban J connectivity index is 1.29. The lowest BCUT2D eigenvalue weighted by Crippen LogP contribution is -2.55. The number of benzene rings is 7. The SMILES string of the molecule is [B]c1c([B])c([B])c(-c2nc(-c3ccc(Oc4ccccc4C)cc3)nc(-n3c4ccccc4c4ccc5c6ccccc6n(-c6ccccc6)c5c43)n2)c([B])c1[B]. The molecule has 6 nitrogen and oxygen atoms in total. The van der Waals surface area contributed by atoms with Gasteiger partial charge in [-0.3, -0.25) is 4.57 Å². The van der Waals surface area contributed by atoms with Gasteiger partial charge in [0.25, 0.3) is 0 Å². The van der Waals surface area contributed by atoms with Crippen LogP contribution in [0.5, 0.6) is 11.5 Å². The maximum Gasteiger partial charge on any atom is 0.238 e. The predicted molar refractivity (Wildman–Crippen MR) is 238 cm³/mol. The van der Waals surface area contributed by atoms with Crippen LogP contribution in [0.2, 0.25) is 0 Å². The molecule has 10 rings (SSSR count). The minimum atomic E-state index is 0.101. The van der Waals surface area contributed by atoms with E-state index in [0.29, 0.717) is 23.1 Å². The first-order valence-electron chi connectivity index (χ1n) is 18.4. The molecule has 0 saturated heterocycles. The second-order valence-electron chi connectivity index (χ2n) is 14.0. The first kappa shape index (κ1) is 34.7. The summed E-state index contributed by atoms with van der Waals surface area (Å²) in [6, 6.07) is 46.8. The molecular weight excluding hydrogens is 693 g/mol. The molecule has 0 aliphatic rings. The Hall–Kier alpha value is -6.73. The number of aryl methyl sites for hydroxylation is 1. The highest BCUT2D eigenvalue weighted by Crippen LogP contribution is 2.41. The summed E-state index contributed by atoms with van der Waals surface area (Å²) in [5.41, 5.74) is 7.45. The fourth-order valence-electron chi connectivity index (χ4n) is 7.82. The van der Waals surface area contributed by atoms with Crippen LogP contribution < -0.4 is 32.1 Å². The molecule has 0 bridgehead atoms. The highest BCUT2D eigenvalue weighted by atomic mass is 16.5. The van der Waals surface area contributed by atoms with E-state index in [-0.39, 0.29) is 38.7 Å². The van der Waals surface area contributed by atoms with Gasteiger partial charge in [-0.2, -0.15) is 9.97 Å². The molecule has 0 saturated carbocycles. The molecule has 256 valence electrons. The smallest absolute Gasteiger partial charge is 0.238 e. The van der Waals surface area contributed by atoms with Gasteiger partial charge in [-0.05, 0) is 67.1 Å². The molecule has 10 aromatic rings. The number of ether oxygens (including phenoxy) is 1. The van der Waals surface area contributed by atoms with Gasteiger partial charge < -0.3 is 9.30 Å². The second kappa shape index (κ2) is 13.5. The van der Waals surface area contributed by atoms with E-state index < -0.39 is 0 Å². The third-order valence-electron chi connectivity index (χ3n) is 10.7. The lowest BCUT2D eigenvalue weighted by Gasteiger charge is -2.21. The number of hydrogen-bond acceptors (Lipinski definition) is 4. The minimum Gasteiger partial charge on any atom is -0.457 e. The van der Waals surface area contributed by atoms with E-state index in [1.807, 2.05) is 85.8 Å². The van der Waals surface area contributed by atoms with Crippen LogP contribution in [0.1, 0.15) is 5.56 Å². The van der Waals surface area contributed by atoms with E-state index in [4.69, 9.17) is 58.9 Å². The fourth-order valence-corrected chi connectivity index (χ4v) is 7.82. The van der Waals surface area contributed by atoms with Gasteiger partial charge in [0, 0.05) is 38.4 Å². The molecule has 0 atom stereocenters. The van der Waals surface area contributed by atoms with E-state index in [1.54, 1.807) is 0 Å². The van der Waals surface area contributed by atoms with Crippen molar-refractivity contribution in [3.63, 3.8) is 0 Å². The molecule has 0 amide bonds. The van der Waals surface area contributed by atoms with E-state index in [0.717, 1.165) is 60.6 Å². The van der Waals surface area contributed by atoms with Gasteiger partial charge in [0.05, 0.1) is 22.1 Å². The quantitative estimate of drug-likeness (QED) is 0.214. The van der Waals surface area contributed by atoms with E-state index in [1.165, 1.54) is 0 Å². The average molecular weight is 719 g/mol. The fraction of sp³-hybridized carbons (Fsp3) is 0.0217.